The van der Waals surface area contributed by atoms with Crippen LogP contribution in [0.25, 0.3) is 0 Å². The van der Waals surface area contributed by atoms with Gasteiger partial charge in [-0.2, -0.15) is 21.6 Å². The number of rotatable bonds is 7. The van der Waals surface area contributed by atoms with Crippen LogP contribution in [-0.4, -0.2) is 28.3 Å². The summed E-state index contributed by atoms with van der Waals surface area (Å²) in [4.78, 5) is 11.7. The number of carbonyl (C=O) groups excluding carboxylic acids is 1. The molecule has 0 saturated heterocycles. The summed E-state index contributed by atoms with van der Waals surface area (Å²) in [5.74, 6) is -3.09. The molecule has 3 aromatic carbocycles. The topological polar surface area (TPSA) is 121 Å². The molecule has 0 aromatic heterocycles. The van der Waals surface area contributed by atoms with Crippen molar-refractivity contribution in [3.63, 3.8) is 0 Å². The van der Waals surface area contributed by atoms with Crippen molar-refractivity contribution in [2.24, 2.45) is 0 Å². The van der Waals surface area contributed by atoms with Crippen LogP contribution in [-0.2, 0) is 20.0 Å². The fraction of sp³-hybridized carbons (Fsp3) is 0.0500. The maximum absolute atomic E-state index is 13.9. The number of carbonyl (C=O) groups is 1. The standard InChI is InChI=1S/C20H14F5N3O5S2/c21-12-5-10-16(22)18(11-12)34(30,31)28-17-4-2-1-3-15(17)19(29)26-13-6-8-14(9-7-13)27-35(32,33)20(23,24)25/h1-11,27-28H,(H,26,29). The van der Waals surface area contributed by atoms with E-state index in [0.717, 1.165) is 30.3 Å². The molecule has 3 aromatic rings. The summed E-state index contributed by atoms with van der Waals surface area (Å²) in [5.41, 5.74) is -6.42. The Balaban J connectivity index is 1.80. The lowest BCUT2D eigenvalue weighted by molar-refractivity contribution is -0.0429. The van der Waals surface area contributed by atoms with Gasteiger partial charge < -0.3 is 5.32 Å². The van der Waals surface area contributed by atoms with Gasteiger partial charge in [0.15, 0.2) is 0 Å². The molecule has 8 nitrogen and oxygen atoms in total. The molecule has 15 heteroatoms. The Morgan fingerprint density at radius 3 is 2.00 bits per heavy atom. The highest BCUT2D eigenvalue weighted by Gasteiger charge is 2.46. The van der Waals surface area contributed by atoms with Crippen LogP contribution in [0.1, 0.15) is 10.4 Å². The number of amides is 1. The van der Waals surface area contributed by atoms with Gasteiger partial charge in [-0.15, -0.1) is 0 Å². The third-order valence-corrected chi connectivity index (χ3v) is 6.79. The number of para-hydroxylation sites is 1. The van der Waals surface area contributed by atoms with Crippen molar-refractivity contribution >= 4 is 43.0 Å². The molecule has 0 unspecified atom stereocenters. The summed E-state index contributed by atoms with van der Waals surface area (Å²) >= 11 is 0. The van der Waals surface area contributed by atoms with Crippen LogP contribution < -0.4 is 14.8 Å². The quantitative estimate of drug-likeness (QED) is 0.390. The molecule has 0 radical (unpaired) electrons. The average Bonchev–Trinajstić information content (AvgIpc) is 2.76. The van der Waals surface area contributed by atoms with E-state index in [1.54, 1.807) is 0 Å². The number of sulfonamides is 2. The minimum Gasteiger partial charge on any atom is -0.322 e. The lowest BCUT2D eigenvalue weighted by atomic mass is 10.1. The summed E-state index contributed by atoms with van der Waals surface area (Å²) < 4.78 is 116. The summed E-state index contributed by atoms with van der Waals surface area (Å²) in [6.07, 6.45) is 0. The van der Waals surface area contributed by atoms with E-state index in [-0.39, 0.29) is 16.9 Å². The highest BCUT2D eigenvalue weighted by molar-refractivity contribution is 7.93. The monoisotopic (exact) mass is 535 g/mol. The number of hydrogen-bond acceptors (Lipinski definition) is 5. The van der Waals surface area contributed by atoms with Crippen molar-refractivity contribution in [3.05, 3.63) is 83.9 Å². The predicted octanol–water partition coefficient (Wildman–Crippen LogP) is 4.28. The van der Waals surface area contributed by atoms with Gasteiger partial charge in [0.05, 0.1) is 11.3 Å². The summed E-state index contributed by atoms with van der Waals surface area (Å²) in [5, 5.41) is 2.36. The molecule has 0 aliphatic rings. The van der Waals surface area contributed by atoms with E-state index in [4.69, 9.17) is 0 Å². The number of alkyl halides is 3. The van der Waals surface area contributed by atoms with E-state index >= 15 is 0 Å². The highest BCUT2D eigenvalue weighted by Crippen LogP contribution is 2.27. The number of halogens is 5. The molecule has 3 N–H and O–H groups in total. The lowest BCUT2D eigenvalue weighted by Gasteiger charge is -2.14. The van der Waals surface area contributed by atoms with E-state index in [2.05, 4.69) is 5.32 Å². The first-order chi connectivity index (χ1) is 16.2. The van der Waals surface area contributed by atoms with E-state index in [1.807, 2.05) is 4.72 Å². The van der Waals surface area contributed by atoms with Gasteiger partial charge in [0, 0.05) is 11.4 Å². The normalized spacial score (nSPS) is 12.1. The molecule has 35 heavy (non-hydrogen) atoms. The largest absolute Gasteiger partial charge is 0.516 e. The fourth-order valence-corrected chi connectivity index (χ4v) is 4.42. The zero-order valence-corrected chi connectivity index (χ0v) is 18.7. The number of anilines is 3. The second-order valence-electron chi connectivity index (χ2n) is 6.81. The summed E-state index contributed by atoms with van der Waals surface area (Å²) in [7, 11) is -10.3. The minimum atomic E-state index is -5.63. The van der Waals surface area contributed by atoms with Crippen molar-refractivity contribution in [2.75, 3.05) is 14.8 Å². The Labute approximate surface area is 195 Å². The molecule has 186 valence electrons. The second kappa shape index (κ2) is 9.50. The van der Waals surface area contributed by atoms with E-state index in [9.17, 15) is 43.6 Å². The highest BCUT2D eigenvalue weighted by atomic mass is 32.2. The first kappa shape index (κ1) is 25.9. The van der Waals surface area contributed by atoms with Gasteiger partial charge in [-0.25, -0.2) is 17.2 Å². The SMILES string of the molecule is O=C(Nc1ccc(NS(=O)(=O)C(F)(F)F)cc1)c1ccccc1NS(=O)(=O)c1cc(F)ccc1F. The van der Waals surface area contributed by atoms with Gasteiger partial charge in [-0.1, -0.05) is 12.1 Å². The molecule has 1 amide bonds. The fourth-order valence-electron chi connectivity index (χ4n) is 2.69. The van der Waals surface area contributed by atoms with Crippen LogP contribution in [0.5, 0.6) is 0 Å². The minimum absolute atomic E-state index is 0.0267. The van der Waals surface area contributed by atoms with Gasteiger partial charge in [0.1, 0.15) is 16.5 Å². The third kappa shape index (κ3) is 6.05. The van der Waals surface area contributed by atoms with Crippen LogP contribution in [0.15, 0.2) is 71.6 Å². The Morgan fingerprint density at radius 2 is 1.37 bits per heavy atom. The Morgan fingerprint density at radius 1 is 0.771 bits per heavy atom. The van der Waals surface area contributed by atoms with Crippen molar-refractivity contribution in [1.82, 2.24) is 0 Å². The van der Waals surface area contributed by atoms with Crippen LogP contribution in [0.2, 0.25) is 0 Å². The van der Waals surface area contributed by atoms with Crippen LogP contribution in [0.4, 0.5) is 39.0 Å². The molecule has 0 heterocycles. The summed E-state index contributed by atoms with van der Waals surface area (Å²) in [6.45, 7) is 0. The maximum atomic E-state index is 13.9. The Kier molecular flexibility index (Phi) is 7.03. The molecule has 0 saturated carbocycles. The Hall–Kier alpha value is -3.72. The Bertz CT molecular complexity index is 1480. The molecule has 0 fully saturated rings. The maximum Gasteiger partial charge on any atom is 0.516 e. The van der Waals surface area contributed by atoms with Crippen molar-refractivity contribution < 1.29 is 43.6 Å². The smallest absolute Gasteiger partial charge is 0.322 e. The van der Waals surface area contributed by atoms with E-state index in [0.29, 0.717) is 12.1 Å². The van der Waals surface area contributed by atoms with Gasteiger partial charge in [0.25, 0.3) is 15.9 Å². The van der Waals surface area contributed by atoms with Crippen molar-refractivity contribution in [2.45, 2.75) is 10.4 Å². The molecule has 0 spiro atoms. The zero-order chi connectivity index (χ0) is 26.0. The zero-order valence-electron chi connectivity index (χ0n) is 17.1. The molecule has 0 atom stereocenters. The molecular formula is C20H14F5N3O5S2. The molecule has 0 aliphatic carbocycles. The molecular weight excluding hydrogens is 521 g/mol. The lowest BCUT2D eigenvalue weighted by Crippen LogP contribution is -2.29. The van der Waals surface area contributed by atoms with Gasteiger partial charge in [-0.3, -0.25) is 14.2 Å². The predicted molar refractivity (Wildman–Crippen MR) is 117 cm³/mol. The summed E-state index contributed by atoms with van der Waals surface area (Å²) in [6, 6.07) is 11.1. The van der Waals surface area contributed by atoms with Crippen molar-refractivity contribution in [3.8, 4) is 0 Å². The number of nitrogens with one attached hydrogen (secondary N) is 3. The van der Waals surface area contributed by atoms with Gasteiger partial charge in [0.2, 0.25) is 0 Å². The van der Waals surface area contributed by atoms with Gasteiger partial charge in [-0.05, 0) is 54.6 Å². The van der Waals surface area contributed by atoms with E-state index < -0.39 is 53.7 Å². The van der Waals surface area contributed by atoms with E-state index in [1.165, 1.54) is 29.0 Å². The molecule has 0 bridgehead atoms. The second-order valence-corrected chi connectivity index (χ2v) is 10.1. The van der Waals surface area contributed by atoms with Gasteiger partial charge >= 0.3 is 15.5 Å². The molecule has 0 aliphatic heterocycles. The van der Waals surface area contributed by atoms with Crippen LogP contribution >= 0.6 is 0 Å². The average molecular weight is 535 g/mol. The molecule has 3 rings (SSSR count). The van der Waals surface area contributed by atoms with Crippen LogP contribution in [0.3, 0.4) is 0 Å². The number of hydrogen-bond donors (Lipinski definition) is 3. The number of benzene rings is 3. The first-order valence-corrected chi connectivity index (χ1v) is 12.2. The first-order valence-electron chi connectivity index (χ1n) is 9.27. The third-order valence-electron chi connectivity index (χ3n) is 4.30. The van der Waals surface area contributed by atoms with Crippen LogP contribution in [0, 0.1) is 11.6 Å². The van der Waals surface area contributed by atoms with Crippen molar-refractivity contribution in [1.29, 1.82) is 0 Å².